The Hall–Kier alpha value is -3.15. The Morgan fingerprint density at radius 2 is 2.14 bits per heavy atom. The molecular formula is C23H24N2O4. The summed E-state index contributed by atoms with van der Waals surface area (Å²) in [7, 11) is 0. The Balaban J connectivity index is 1.77. The SMILES string of the molecule is CCCc1c(/C=C/c2ccccc2OCC)nc2n(c1=O)C1CC1(C(=O)O)C=C2. The topological polar surface area (TPSA) is 81.4 Å². The normalized spacial score (nSPS) is 21.7. The summed E-state index contributed by atoms with van der Waals surface area (Å²) < 4.78 is 7.24. The Morgan fingerprint density at radius 1 is 1.34 bits per heavy atom. The van der Waals surface area contributed by atoms with Crippen LogP contribution in [0.5, 0.6) is 5.75 Å². The van der Waals surface area contributed by atoms with Gasteiger partial charge < -0.3 is 9.84 Å². The smallest absolute Gasteiger partial charge is 0.315 e. The second-order valence-electron chi connectivity index (χ2n) is 7.46. The molecule has 0 bridgehead atoms. The number of rotatable bonds is 7. The van der Waals surface area contributed by atoms with E-state index in [1.165, 1.54) is 0 Å². The molecule has 1 aliphatic carbocycles. The first-order chi connectivity index (χ1) is 14.0. The second kappa shape index (κ2) is 7.35. The molecule has 4 rings (SSSR count). The van der Waals surface area contributed by atoms with Gasteiger partial charge in [-0.2, -0.15) is 0 Å². The van der Waals surface area contributed by atoms with E-state index in [9.17, 15) is 14.7 Å². The van der Waals surface area contributed by atoms with Crippen LogP contribution in [0.25, 0.3) is 18.2 Å². The van der Waals surface area contributed by atoms with E-state index in [4.69, 9.17) is 9.72 Å². The number of carboxylic acid groups (broad SMARTS) is 1. The molecule has 1 aromatic heterocycles. The lowest BCUT2D eigenvalue weighted by Crippen LogP contribution is -2.32. The van der Waals surface area contributed by atoms with Gasteiger partial charge in [0, 0.05) is 11.1 Å². The van der Waals surface area contributed by atoms with E-state index in [0.717, 1.165) is 17.7 Å². The quantitative estimate of drug-likeness (QED) is 0.775. The molecule has 1 aliphatic heterocycles. The number of hydrogen-bond donors (Lipinski definition) is 1. The number of benzene rings is 1. The number of hydrogen-bond acceptors (Lipinski definition) is 4. The lowest BCUT2D eigenvalue weighted by molar-refractivity contribution is -0.141. The lowest BCUT2D eigenvalue weighted by Gasteiger charge is -2.19. The molecule has 2 heterocycles. The fraction of sp³-hybridized carbons (Fsp3) is 0.348. The molecule has 1 aromatic carbocycles. The molecule has 0 amide bonds. The van der Waals surface area contributed by atoms with Crippen LogP contribution in [0.15, 0.2) is 35.1 Å². The highest BCUT2D eigenvalue weighted by molar-refractivity contribution is 5.84. The van der Waals surface area contributed by atoms with Crippen LogP contribution in [-0.2, 0) is 11.2 Å². The van der Waals surface area contributed by atoms with Gasteiger partial charge in [0.15, 0.2) is 0 Å². The van der Waals surface area contributed by atoms with Gasteiger partial charge in [0.1, 0.15) is 17.0 Å². The summed E-state index contributed by atoms with van der Waals surface area (Å²) in [5.41, 5.74) is 1.09. The van der Waals surface area contributed by atoms with Gasteiger partial charge in [-0.05, 0) is 44.1 Å². The molecule has 2 atom stereocenters. The summed E-state index contributed by atoms with van der Waals surface area (Å²) in [6.07, 6.45) is 8.95. The minimum absolute atomic E-state index is 0.132. The van der Waals surface area contributed by atoms with E-state index < -0.39 is 11.4 Å². The maximum atomic E-state index is 13.2. The van der Waals surface area contributed by atoms with Crippen LogP contribution in [0, 0.1) is 5.41 Å². The average Bonchev–Trinajstić information content (AvgIpc) is 3.46. The monoisotopic (exact) mass is 392 g/mol. The fourth-order valence-corrected chi connectivity index (χ4v) is 4.01. The third-order valence-corrected chi connectivity index (χ3v) is 5.61. The second-order valence-corrected chi connectivity index (χ2v) is 7.46. The molecule has 1 N–H and O–H groups in total. The zero-order valence-corrected chi connectivity index (χ0v) is 16.6. The van der Waals surface area contributed by atoms with Crippen LogP contribution < -0.4 is 10.3 Å². The maximum Gasteiger partial charge on any atom is 0.315 e. The fourth-order valence-electron chi connectivity index (χ4n) is 4.01. The van der Waals surface area contributed by atoms with Crippen molar-refractivity contribution in [3.05, 3.63) is 63.3 Å². The Labute approximate surface area is 169 Å². The van der Waals surface area contributed by atoms with Crippen molar-refractivity contribution in [1.29, 1.82) is 0 Å². The van der Waals surface area contributed by atoms with Gasteiger partial charge in [0.25, 0.3) is 5.56 Å². The van der Waals surface area contributed by atoms with Crippen molar-refractivity contribution < 1.29 is 14.6 Å². The molecule has 6 heteroatoms. The van der Waals surface area contributed by atoms with Crippen LogP contribution in [0.3, 0.4) is 0 Å². The summed E-state index contributed by atoms with van der Waals surface area (Å²) in [5.74, 6) is 0.416. The number of para-hydroxylation sites is 1. The van der Waals surface area contributed by atoms with Crippen molar-refractivity contribution in [3.63, 3.8) is 0 Å². The van der Waals surface area contributed by atoms with E-state index in [1.807, 2.05) is 50.3 Å². The zero-order valence-electron chi connectivity index (χ0n) is 16.6. The third kappa shape index (κ3) is 3.18. The molecule has 2 aliphatic rings. The molecule has 1 saturated carbocycles. The van der Waals surface area contributed by atoms with Crippen molar-refractivity contribution in [2.45, 2.75) is 39.2 Å². The Bertz CT molecular complexity index is 1080. The highest BCUT2D eigenvalue weighted by Crippen LogP contribution is 2.59. The predicted molar refractivity (Wildman–Crippen MR) is 112 cm³/mol. The predicted octanol–water partition coefficient (Wildman–Crippen LogP) is 3.81. The van der Waals surface area contributed by atoms with Gasteiger partial charge in [-0.15, -0.1) is 0 Å². The van der Waals surface area contributed by atoms with Crippen LogP contribution in [0.2, 0.25) is 0 Å². The van der Waals surface area contributed by atoms with Crippen LogP contribution >= 0.6 is 0 Å². The number of aromatic nitrogens is 2. The van der Waals surface area contributed by atoms with Gasteiger partial charge in [-0.1, -0.05) is 37.6 Å². The largest absolute Gasteiger partial charge is 0.493 e. The summed E-state index contributed by atoms with van der Waals surface area (Å²) in [5, 5.41) is 9.55. The van der Waals surface area contributed by atoms with Gasteiger partial charge in [0.05, 0.1) is 18.3 Å². The van der Waals surface area contributed by atoms with Crippen molar-refractivity contribution in [1.82, 2.24) is 9.55 Å². The first-order valence-corrected chi connectivity index (χ1v) is 9.99. The van der Waals surface area contributed by atoms with Gasteiger partial charge >= 0.3 is 5.97 Å². The van der Waals surface area contributed by atoms with E-state index in [0.29, 0.717) is 36.5 Å². The minimum Gasteiger partial charge on any atom is -0.493 e. The molecule has 2 unspecified atom stereocenters. The van der Waals surface area contributed by atoms with E-state index >= 15 is 0 Å². The van der Waals surface area contributed by atoms with E-state index in [2.05, 4.69) is 0 Å². The molecule has 6 nitrogen and oxygen atoms in total. The molecule has 0 radical (unpaired) electrons. The number of ether oxygens (including phenoxy) is 1. The highest BCUT2D eigenvalue weighted by atomic mass is 16.5. The number of aliphatic carboxylic acids is 1. The molecule has 1 fully saturated rings. The van der Waals surface area contributed by atoms with Gasteiger partial charge in [-0.3, -0.25) is 14.2 Å². The van der Waals surface area contributed by atoms with Gasteiger partial charge in [-0.25, -0.2) is 4.98 Å². The zero-order chi connectivity index (χ0) is 20.6. The minimum atomic E-state index is -0.949. The first kappa shape index (κ1) is 19.2. The highest BCUT2D eigenvalue weighted by Gasteiger charge is 2.62. The van der Waals surface area contributed by atoms with E-state index in [-0.39, 0.29) is 11.6 Å². The molecular weight excluding hydrogens is 368 g/mol. The number of fused-ring (bicyclic) bond motifs is 3. The number of carbonyl (C=O) groups is 1. The Morgan fingerprint density at radius 3 is 2.86 bits per heavy atom. The van der Waals surface area contributed by atoms with Crippen LogP contribution in [0.4, 0.5) is 0 Å². The molecule has 2 aromatic rings. The van der Waals surface area contributed by atoms with Crippen molar-refractivity contribution in [2.75, 3.05) is 6.61 Å². The first-order valence-electron chi connectivity index (χ1n) is 9.99. The molecule has 150 valence electrons. The van der Waals surface area contributed by atoms with Crippen LogP contribution in [0.1, 0.15) is 55.4 Å². The standard InChI is InChI=1S/C23H24N2O4/c1-3-7-16-17(11-10-15-8-5-6-9-18(15)29-4-2)24-20-12-13-23(22(27)28)14-19(23)25(20)21(16)26/h5-6,8-13,19H,3-4,7,14H2,1-2H3,(H,27,28)/b11-10+. The molecule has 0 saturated heterocycles. The Kier molecular flexibility index (Phi) is 4.86. The molecule has 0 spiro atoms. The number of nitrogens with zero attached hydrogens (tertiary/aromatic N) is 2. The molecule has 29 heavy (non-hydrogen) atoms. The third-order valence-electron chi connectivity index (χ3n) is 5.61. The van der Waals surface area contributed by atoms with Gasteiger partial charge in [0.2, 0.25) is 0 Å². The maximum absolute atomic E-state index is 13.2. The summed E-state index contributed by atoms with van der Waals surface area (Å²) in [6.45, 7) is 4.52. The summed E-state index contributed by atoms with van der Waals surface area (Å²) >= 11 is 0. The number of carboxylic acids is 1. The lowest BCUT2D eigenvalue weighted by atomic mass is 10.0. The van der Waals surface area contributed by atoms with Crippen molar-refractivity contribution >= 4 is 24.2 Å². The van der Waals surface area contributed by atoms with Crippen molar-refractivity contribution in [3.8, 4) is 5.75 Å². The average molecular weight is 392 g/mol. The van der Waals surface area contributed by atoms with E-state index in [1.54, 1.807) is 16.7 Å². The summed E-state index contributed by atoms with van der Waals surface area (Å²) in [4.78, 5) is 29.6. The van der Waals surface area contributed by atoms with Crippen molar-refractivity contribution in [2.24, 2.45) is 5.41 Å². The summed E-state index contributed by atoms with van der Waals surface area (Å²) in [6, 6.07) is 7.38. The van der Waals surface area contributed by atoms with Crippen LogP contribution in [-0.4, -0.2) is 27.2 Å².